The van der Waals surface area contributed by atoms with Crippen LogP contribution >= 0.6 is 27.3 Å². The number of halogens is 1. The lowest BCUT2D eigenvalue weighted by molar-refractivity contribution is -0.129. The average Bonchev–Trinajstić information content (AvgIpc) is 3.07. The highest BCUT2D eigenvalue weighted by molar-refractivity contribution is 9.11. The van der Waals surface area contributed by atoms with Crippen LogP contribution in [0.5, 0.6) is 11.5 Å². The van der Waals surface area contributed by atoms with Crippen molar-refractivity contribution in [2.45, 2.75) is 13.8 Å². The van der Waals surface area contributed by atoms with Gasteiger partial charge in [-0.15, -0.1) is 11.3 Å². The second-order valence-corrected chi connectivity index (χ2v) is 8.24. The van der Waals surface area contributed by atoms with Crippen LogP contribution in [-0.4, -0.2) is 43.5 Å². The SMILES string of the molecule is CCOc1ccc(NC(=O)CN(C)C(=O)C=Cc2ccc(Br)s2)cc1OCC. The van der Waals surface area contributed by atoms with Gasteiger partial charge in [-0.2, -0.15) is 0 Å². The normalized spacial score (nSPS) is 10.7. The lowest BCUT2D eigenvalue weighted by Gasteiger charge is -2.16. The fourth-order valence-corrected chi connectivity index (χ4v) is 3.65. The van der Waals surface area contributed by atoms with E-state index in [0.717, 1.165) is 8.66 Å². The first-order valence-corrected chi connectivity index (χ1v) is 10.4. The van der Waals surface area contributed by atoms with E-state index in [1.807, 2.05) is 26.0 Å². The molecule has 1 aromatic heterocycles. The highest BCUT2D eigenvalue weighted by atomic mass is 79.9. The predicted octanol–water partition coefficient (Wildman–Crippen LogP) is 4.42. The Balaban J connectivity index is 1.94. The molecule has 2 rings (SSSR count). The number of amides is 2. The van der Waals surface area contributed by atoms with E-state index < -0.39 is 0 Å². The number of anilines is 1. The number of thiophene rings is 1. The Morgan fingerprint density at radius 3 is 2.50 bits per heavy atom. The van der Waals surface area contributed by atoms with Crippen LogP contribution in [0.4, 0.5) is 5.69 Å². The van der Waals surface area contributed by atoms with Gasteiger partial charge in [0, 0.05) is 29.8 Å². The largest absolute Gasteiger partial charge is 0.490 e. The minimum absolute atomic E-state index is 0.0610. The van der Waals surface area contributed by atoms with E-state index in [0.29, 0.717) is 30.4 Å². The van der Waals surface area contributed by atoms with Gasteiger partial charge in [-0.3, -0.25) is 9.59 Å². The summed E-state index contributed by atoms with van der Waals surface area (Å²) in [6.07, 6.45) is 3.18. The Kier molecular flexibility index (Phi) is 8.53. The fourth-order valence-electron chi connectivity index (χ4n) is 2.32. The second kappa shape index (κ2) is 10.9. The third-order valence-corrected chi connectivity index (χ3v) is 5.16. The highest BCUT2D eigenvalue weighted by Gasteiger charge is 2.13. The monoisotopic (exact) mass is 466 g/mol. The third kappa shape index (κ3) is 6.69. The summed E-state index contributed by atoms with van der Waals surface area (Å²) in [7, 11) is 1.58. The van der Waals surface area contributed by atoms with Crippen molar-refractivity contribution in [2.24, 2.45) is 0 Å². The van der Waals surface area contributed by atoms with Gasteiger partial charge in [-0.25, -0.2) is 0 Å². The quantitative estimate of drug-likeness (QED) is 0.555. The number of nitrogens with one attached hydrogen (secondary N) is 1. The maximum atomic E-state index is 12.3. The van der Waals surface area contributed by atoms with Gasteiger partial charge in [0.25, 0.3) is 0 Å². The number of benzene rings is 1. The molecule has 6 nitrogen and oxygen atoms in total. The molecule has 0 spiro atoms. The summed E-state index contributed by atoms with van der Waals surface area (Å²) < 4.78 is 12.1. The number of rotatable bonds is 9. The molecule has 1 heterocycles. The van der Waals surface area contributed by atoms with Crippen LogP contribution in [0.25, 0.3) is 6.08 Å². The molecular formula is C20H23BrN2O4S. The number of ether oxygens (including phenoxy) is 2. The molecule has 28 heavy (non-hydrogen) atoms. The minimum atomic E-state index is -0.297. The first kappa shape index (κ1) is 22.0. The Labute approximate surface area is 177 Å². The number of nitrogens with zero attached hydrogens (tertiary/aromatic N) is 1. The third-order valence-electron chi connectivity index (χ3n) is 3.57. The Morgan fingerprint density at radius 1 is 1.14 bits per heavy atom. The second-order valence-electron chi connectivity index (χ2n) is 5.75. The molecule has 0 saturated carbocycles. The van der Waals surface area contributed by atoms with Crippen molar-refractivity contribution in [3.8, 4) is 11.5 Å². The number of carbonyl (C=O) groups is 2. The van der Waals surface area contributed by atoms with Crippen LogP contribution in [0.1, 0.15) is 18.7 Å². The van der Waals surface area contributed by atoms with E-state index in [1.165, 1.54) is 22.3 Å². The molecule has 0 fully saturated rings. The molecule has 0 saturated heterocycles. The topological polar surface area (TPSA) is 67.9 Å². The van der Waals surface area contributed by atoms with Crippen LogP contribution in [-0.2, 0) is 9.59 Å². The van der Waals surface area contributed by atoms with E-state index in [2.05, 4.69) is 21.2 Å². The molecule has 1 aromatic carbocycles. The van der Waals surface area contributed by atoms with Gasteiger partial charge in [0.15, 0.2) is 11.5 Å². The molecule has 8 heteroatoms. The number of likely N-dealkylation sites (N-methyl/N-ethyl adjacent to an activating group) is 1. The van der Waals surface area contributed by atoms with Crippen molar-refractivity contribution >= 4 is 50.8 Å². The smallest absolute Gasteiger partial charge is 0.246 e. The van der Waals surface area contributed by atoms with E-state index >= 15 is 0 Å². The summed E-state index contributed by atoms with van der Waals surface area (Å²) in [6, 6.07) is 9.03. The number of carbonyl (C=O) groups excluding carboxylic acids is 2. The van der Waals surface area contributed by atoms with Gasteiger partial charge in [-0.05, 0) is 60.1 Å². The van der Waals surface area contributed by atoms with Crippen molar-refractivity contribution < 1.29 is 19.1 Å². The fraction of sp³-hybridized carbons (Fsp3) is 0.300. The molecule has 0 unspecified atom stereocenters. The van der Waals surface area contributed by atoms with Gasteiger partial charge >= 0.3 is 0 Å². The molecule has 0 radical (unpaired) electrons. The van der Waals surface area contributed by atoms with Gasteiger partial charge < -0.3 is 19.7 Å². The zero-order chi connectivity index (χ0) is 20.5. The molecule has 0 aliphatic carbocycles. The van der Waals surface area contributed by atoms with Crippen LogP contribution in [0, 0.1) is 0 Å². The maximum absolute atomic E-state index is 12.3. The zero-order valence-electron chi connectivity index (χ0n) is 16.0. The summed E-state index contributed by atoms with van der Waals surface area (Å²) in [5.74, 6) is 0.646. The maximum Gasteiger partial charge on any atom is 0.246 e. The van der Waals surface area contributed by atoms with E-state index in [9.17, 15) is 9.59 Å². The summed E-state index contributed by atoms with van der Waals surface area (Å²) in [5, 5.41) is 2.78. The van der Waals surface area contributed by atoms with Crippen LogP contribution < -0.4 is 14.8 Å². The summed E-state index contributed by atoms with van der Waals surface area (Å²) in [6.45, 7) is 4.72. The van der Waals surface area contributed by atoms with E-state index in [-0.39, 0.29) is 18.4 Å². The first-order chi connectivity index (χ1) is 13.4. The Morgan fingerprint density at radius 2 is 1.86 bits per heavy atom. The Hall–Kier alpha value is -2.32. The van der Waals surface area contributed by atoms with Crippen molar-refractivity contribution in [3.63, 3.8) is 0 Å². The molecule has 0 aliphatic heterocycles. The van der Waals surface area contributed by atoms with Gasteiger partial charge in [0.05, 0.1) is 23.5 Å². The molecule has 2 aromatic rings. The standard InChI is InChI=1S/C20H23BrN2O4S/c1-4-26-16-9-6-14(12-17(16)27-5-2)22-19(24)13-23(3)20(25)11-8-15-7-10-18(21)28-15/h6-12H,4-5,13H2,1-3H3,(H,22,24). The summed E-state index contributed by atoms with van der Waals surface area (Å²) in [5.41, 5.74) is 0.580. The van der Waals surface area contributed by atoms with Crippen molar-refractivity contribution in [1.29, 1.82) is 0 Å². The van der Waals surface area contributed by atoms with Crippen molar-refractivity contribution in [1.82, 2.24) is 4.90 Å². The predicted molar refractivity (Wildman–Crippen MR) is 116 cm³/mol. The molecule has 150 valence electrons. The minimum Gasteiger partial charge on any atom is -0.490 e. The Bertz CT molecular complexity index is 850. The van der Waals surface area contributed by atoms with Crippen molar-refractivity contribution in [3.05, 3.63) is 45.1 Å². The average molecular weight is 467 g/mol. The summed E-state index contributed by atoms with van der Waals surface area (Å²) >= 11 is 4.90. The lowest BCUT2D eigenvalue weighted by Crippen LogP contribution is -2.33. The number of hydrogen-bond acceptors (Lipinski definition) is 5. The zero-order valence-corrected chi connectivity index (χ0v) is 18.4. The molecule has 1 N–H and O–H groups in total. The highest BCUT2D eigenvalue weighted by Crippen LogP contribution is 2.30. The van der Waals surface area contributed by atoms with Crippen LogP contribution in [0.3, 0.4) is 0 Å². The molecule has 0 atom stereocenters. The lowest BCUT2D eigenvalue weighted by atomic mass is 10.2. The number of hydrogen-bond donors (Lipinski definition) is 1. The van der Waals surface area contributed by atoms with E-state index in [1.54, 1.807) is 31.3 Å². The van der Waals surface area contributed by atoms with E-state index in [4.69, 9.17) is 9.47 Å². The molecular weight excluding hydrogens is 444 g/mol. The van der Waals surface area contributed by atoms with Crippen LogP contribution in [0.15, 0.2) is 40.2 Å². The first-order valence-electron chi connectivity index (χ1n) is 8.81. The van der Waals surface area contributed by atoms with Gasteiger partial charge in [0.1, 0.15) is 0 Å². The van der Waals surface area contributed by atoms with Crippen LogP contribution in [0.2, 0.25) is 0 Å². The van der Waals surface area contributed by atoms with Gasteiger partial charge in [-0.1, -0.05) is 0 Å². The molecule has 2 amide bonds. The van der Waals surface area contributed by atoms with Gasteiger partial charge in [0.2, 0.25) is 11.8 Å². The molecule has 0 bridgehead atoms. The van der Waals surface area contributed by atoms with Crippen molar-refractivity contribution in [2.75, 3.05) is 32.1 Å². The molecule has 0 aliphatic rings. The summed E-state index contributed by atoms with van der Waals surface area (Å²) in [4.78, 5) is 26.8.